The molecule has 0 amide bonds. The molecule has 1 aromatic carbocycles. The van der Waals surface area contributed by atoms with Crippen LogP contribution in [0.15, 0.2) is 52.1 Å². The van der Waals surface area contributed by atoms with Crippen LogP contribution >= 0.6 is 34.3 Å². The van der Waals surface area contributed by atoms with E-state index >= 15 is 0 Å². The van der Waals surface area contributed by atoms with Crippen LogP contribution in [0, 0.1) is 0 Å². The number of hydrogen-bond acceptors (Lipinski definition) is 6. The van der Waals surface area contributed by atoms with Gasteiger partial charge in [0.2, 0.25) is 0 Å². The summed E-state index contributed by atoms with van der Waals surface area (Å²) < 4.78 is 39.7. The molecule has 0 radical (unpaired) electrons. The number of sulfonamides is 1. The molecule has 5 nitrogen and oxygen atoms in total. The Labute approximate surface area is 164 Å². The molecule has 136 valence electrons. The third-order valence-electron chi connectivity index (χ3n) is 3.79. The molecular formula is C17H14ClNO4S3. The van der Waals surface area contributed by atoms with E-state index in [4.69, 9.17) is 21.1 Å². The van der Waals surface area contributed by atoms with E-state index in [1.54, 1.807) is 24.3 Å². The van der Waals surface area contributed by atoms with E-state index in [-0.39, 0.29) is 10.8 Å². The van der Waals surface area contributed by atoms with Gasteiger partial charge in [-0.05, 0) is 35.7 Å². The number of ether oxygens (including phenoxy) is 2. The van der Waals surface area contributed by atoms with Crippen molar-refractivity contribution >= 4 is 50.0 Å². The number of thiophene rings is 2. The van der Waals surface area contributed by atoms with Crippen molar-refractivity contribution in [3.8, 4) is 11.5 Å². The summed E-state index contributed by atoms with van der Waals surface area (Å²) in [6, 6.07) is 12.1. The Hall–Kier alpha value is -1.74. The second-order valence-electron chi connectivity index (χ2n) is 5.48. The fourth-order valence-electron chi connectivity index (χ4n) is 2.59. The molecule has 0 aliphatic carbocycles. The molecule has 4 rings (SSSR count). The van der Waals surface area contributed by atoms with Gasteiger partial charge < -0.3 is 9.47 Å². The van der Waals surface area contributed by atoms with Gasteiger partial charge in [-0.1, -0.05) is 17.7 Å². The Bertz CT molecular complexity index is 1010. The highest BCUT2D eigenvalue weighted by molar-refractivity contribution is 7.94. The highest BCUT2D eigenvalue weighted by Crippen LogP contribution is 2.38. The van der Waals surface area contributed by atoms with Crippen LogP contribution in [0.1, 0.15) is 4.88 Å². The molecule has 3 aromatic rings. The molecule has 9 heteroatoms. The van der Waals surface area contributed by atoms with Crippen LogP contribution in [-0.2, 0) is 16.6 Å². The lowest BCUT2D eigenvalue weighted by Crippen LogP contribution is -2.30. The van der Waals surface area contributed by atoms with Gasteiger partial charge in [-0.15, -0.1) is 22.7 Å². The monoisotopic (exact) mass is 427 g/mol. The highest BCUT2D eigenvalue weighted by atomic mass is 35.5. The van der Waals surface area contributed by atoms with E-state index in [0.717, 1.165) is 16.2 Å². The Morgan fingerprint density at radius 2 is 1.88 bits per heavy atom. The van der Waals surface area contributed by atoms with E-state index in [2.05, 4.69) is 0 Å². The van der Waals surface area contributed by atoms with Gasteiger partial charge in [-0.3, -0.25) is 4.31 Å². The molecule has 2 aromatic heterocycles. The van der Waals surface area contributed by atoms with Gasteiger partial charge in [-0.2, -0.15) is 0 Å². The number of anilines is 1. The number of halogens is 1. The molecule has 0 fully saturated rings. The van der Waals surface area contributed by atoms with Gasteiger partial charge in [0.25, 0.3) is 10.0 Å². The molecule has 1 aliphatic heterocycles. The predicted octanol–water partition coefficient (Wildman–Crippen LogP) is 4.63. The van der Waals surface area contributed by atoms with Crippen LogP contribution in [0.4, 0.5) is 5.69 Å². The fourth-order valence-corrected chi connectivity index (χ4v) is 6.40. The molecule has 0 spiro atoms. The predicted molar refractivity (Wildman–Crippen MR) is 104 cm³/mol. The SMILES string of the molecule is O=S(=O)(c1ccc(Cl)s1)N(Cc1cccs1)c1ccc2c(c1)OCCO2. The maximum Gasteiger partial charge on any atom is 0.274 e. The van der Waals surface area contributed by atoms with Crippen molar-refractivity contribution < 1.29 is 17.9 Å². The summed E-state index contributed by atoms with van der Waals surface area (Å²) in [5, 5.41) is 1.92. The first-order valence-electron chi connectivity index (χ1n) is 7.74. The Morgan fingerprint density at radius 1 is 1.08 bits per heavy atom. The minimum Gasteiger partial charge on any atom is -0.486 e. The summed E-state index contributed by atoms with van der Waals surface area (Å²) in [6.07, 6.45) is 0. The minimum atomic E-state index is -3.76. The molecule has 1 aliphatic rings. The lowest BCUT2D eigenvalue weighted by molar-refractivity contribution is 0.171. The van der Waals surface area contributed by atoms with E-state index in [1.807, 2.05) is 17.5 Å². The Kier molecular flexibility index (Phi) is 4.83. The average molecular weight is 428 g/mol. The minimum absolute atomic E-state index is 0.203. The molecule has 0 saturated heterocycles. The first-order chi connectivity index (χ1) is 12.5. The summed E-state index contributed by atoms with van der Waals surface area (Å²) in [6.45, 7) is 1.15. The number of nitrogens with zero attached hydrogens (tertiary/aromatic N) is 1. The van der Waals surface area contributed by atoms with Gasteiger partial charge in [0.15, 0.2) is 11.5 Å². The van der Waals surface area contributed by atoms with Crippen LogP contribution in [0.5, 0.6) is 11.5 Å². The Balaban J connectivity index is 1.78. The largest absolute Gasteiger partial charge is 0.486 e. The van der Waals surface area contributed by atoms with Gasteiger partial charge in [0.1, 0.15) is 17.4 Å². The summed E-state index contributed by atoms with van der Waals surface area (Å²) >= 11 is 8.50. The Morgan fingerprint density at radius 3 is 2.58 bits per heavy atom. The number of hydrogen-bond donors (Lipinski definition) is 0. The summed E-state index contributed by atoms with van der Waals surface area (Å²) in [4.78, 5) is 0.936. The second kappa shape index (κ2) is 7.11. The van der Waals surface area contributed by atoms with Crippen molar-refractivity contribution in [2.75, 3.05) is 17.5 Å². The molecule has 0 unspecified atom stereocenters. The van der Waals surface area contributed by atoms with Crippen LogP contribution in [-0.4, -0.2) is 21.6 Å². The van der Waals surface area contributed by atoms with E-state index in [0.29, 0.717) is 34.7 Å². The molecule has 26 heavy (non-hydrogen) atoms. The van der Waals surface area contributed by atoms with Gasteiger partial charge in [0.05, 0.1) is 16.6 Å². The molecule has 0 saturated carbocycles. The van der Waals surface area contributed by atoms with Crippen molar-refractivity contribution in [1.29, 1.82) is 0 Å². The first-order valence-corrected chi connectivity index (χ1v) is 11.3. The summed E-state index contributed by atoms with van der Waals surface area (Å²) in [5.41, 5.74) is 0.521. The van der Waals surface area contributed by atoms with Gasteiger partial charge in [0, 0.05) is 10.9 Å². The average Bonchev–Trinajstić information content (AvgIpc) is 3.31. The number of rotatable bonds is 5. The van der Waals surface area contributed by atoms with Crippen molar-refractivity contribution in [2.45, 2.75) is 10.8 Å². The van der Waals surface area contributed by atoms with Crippen LogP contribution < -0.4 is 13.8 Å². The van der Waals surface area contributed by atoms with E-state index in [9.17, 15) is 8.42 Å². The maximum absolute atomic E-state index is 13.3. The van der Waals surface area contributed by atoms with E-state index in [1.165, 1.54) is 21.7 Å². The van der Waals surface area contributed by atoms with Gasteiger partial charge >= 0.3 is 0 Å². The first kappa shape index (κ1) is 17.7. The van der Waals surface area contributed by atoms with Crippen LogP contribution in [0.3, 0.4) is 0 Å². The molecule has 0 bridgehead atoms. The van der Waals surface area contributed by atoms with Gasteiger partial charge in [-0.25, -0.2) is 8.42 Å². The third kappa shape index (κ3) is 3.42. The maximum atomic E-state index is 13.3. The fraction of sp³-hybridized carbons (Fsp3) is 0.176. The van der Waals surface area contributed by atoms with Crippen molar-refractivity contribution in [3.63, 3.8) is 0 Å². The third-order valence-corrected chi connectivity index (χ3v) is 8.12. The standard InChI is InChI=1S/C17H14ClNO4S3/c18-16-5-6-17(25-16)26(20,21)19(11-13-2-1-9-24-13)12-3-4-14-15(10-12)23-8-7-22-14/h1-6,9-10H,7-8,11H2. The molecule has 0 atom stereocenters. The van der Waals surface area contributed by atoms with Crippen molar-refractivity contribution in [3.05, 3.63) is 57.1 Å². The number of benzene rings is 1. The zero-order valence-corrected chi connectivity index (χ0v) is 16.6. The highest BCUT2D eigenvalue weighted by Gasteiger charge is 2.28. The smallest absolute Gasteiger partial charge is 0.274 e. The summed E-state index contributed by atoms with van der Waals surface area (Å²) in [7, 11) is -3.76. The number of fused-ring (bicyclic) bond motifs is 1. The lowest BCUT2D eigenvalue weighted by Gasteiger charge is -2.25. The topological polar surface area (TPSA) is 55.8 Å². The molecular weight excluding hydrogens is 414 g/mol. The normalized spacial score (nSPS) is 13.6. The zero-order valence-electron chi connectivity index (χ0n) is 13.4. The lowest BCUT2D eigenvalue weighted by atomic mass is 10.2. The zero-order chi connectivity index (χ0) is 18.1. The molecule has 0 N–H and O–H groups in total. The van der Waals surface area contributed by atoms with Crippen LogP contribution in [0.25, 0.3) is 0 Å². The molecule has 3 heterocycles. The van der Waals surface area contributed by atoms with E-state index < -0.39 is 10.0 Å². The summed E-state index contributed by atoms with van der Waals surface area (Å²) in [5.74, 6) is 1.16. The van der Waals surface area contributed by atoms with Crippen molar-refractivity contribution in [1.82, 2.24) is 0 Å². The second-order valence-corrected chi connectivity index (χ2v) is 10.3. The van der Waals surface area contributed by atoms with Crippen LogP contribution in [0.2, 0.25) is 4.34 Å². The quantitative estimate of drug-likeness (QED) is 0.595. The van der Waals surface area contributed by atoms with Crippen molar-refractivity contribution in [2.24, 2.45) is 0 Å².